The minimum absolute atomic E-state index is 0.0609. The van der Waals surface area contributed by atoms with Gasteiger partial charge in [0.05, 0.1) is 6.04 Å². The highest BCUT2D eigenvalue weighted by molar-refractivity contribution is 5.99. The number of hydrogen-bond donors (Lipinski definition) is 1. The van der Waals surface area contributed by atoms with Crippen molar-refractivity contribution in [3.63, 3.8) is 0 Å². The maximum atomic E-state index is 12.8. The van der Waals surface area contributed by atoms with Gasteiger partial charge in [-0.3, -0.25) is 9.59 Å². The summed E-state index contributed by atoms with van der Waals surface area (Å²) in [6.45, 7) is 0.735. The molecule has 2 fully saturated rings. The van der Waals surface area contributed by atoms with Crippen LogP contribution in [0.2, 0.25) is 0 Å². The number of hydrogen-bond acceptors (Lipinski definition) is 2. The van der Waals surface area contributed by atoms with Crippen molar-refractivity contribution in [3.05, 3.63) is 65.7 Å². The number of benzene rings is 2. The van der Waals surface area contributed by atoms with Gasteiger partial charge in [-0.05, 0) is 48.9 Å². The van der Waals surface area contributed by atoms with E-state index in [1.54, 1.807) is 4.90 Å². The Morgan fingerprint density at radius 2 is 1.88 bits per heavy atom. The lowest BCUT2D eigenvalue weighted by Crippen LogP contribution is -2.30. The predicted octanol–water partition coefficient (Wildman–Crippen LogP) is 3.69. The third-order valence-corrected chi connectivity index (χ3v) is 5.03. The molecule has 1 N–H and O–H groups in total. The summed E-state index contributed by atoms with van der Waals surface area (Å²) < 4.78 is 0. The smallest absolute Gasteiger partial charge is 0.251 e. The lowest BCUT2D eigenvalue weighted by Gasteiger charge is -2.20. The van der Waals surface area contributed by atoms with Crippen LogP contribution in [0.4, 0.5) is 5.69 Å². The minimum atomic E-state index is -0.0748. The molecule has 1 saturated carbocycles. The highest BCUT2D eigenvalue weighted by Crippen LogP contribution is 2.41. The summed E-state index contributed by atoms with van der Waals surface area (Å²) in [7, 11) is 0. The van der Waals surface area contributed by atoms with Gasteiger partial charge in [0.1, 0.15) is 0 Å². The van der Waals surface area contributed by atoms with Gasteiger partial charge in [0.2, 0.25) is 5.91 Å². The molecule has 4 rings (SSSR count). The van der Waals surface area contributed by atoms with E-state index >= 15 is 0 Å². The summed E-state index contributed by atoms with van der Waals surface area (Å²) in [6.07, 6.45) is 3.78. The van der Waals surface area contributed by atoms with Crippen LogP contribution in [-0.4, -0.2) is 18.4 Å². The molecule has 2 aliphatic rings. The Kier molecular flexibility index (Phi) is 4.26. The quantitative estimate of drug-likeness (QED) is 0.906. The van der Waals surface area contributed by atoms with Crippen LogP contribution >= 0.6 is 0 Å². The minimum Gasteiger partial charge on any atom is -0.345 e. The van der Waals surface area contributed by atoms with Gasteiger partial charge >= 0.3 is 0 Å². The first kappa shape index (κ1) is 15.9. The molecular formula is C21H22N2O2. The molecule has 1 saturated heterocycles. The van der Waals surface area contributed by atoms with Crippen LogP contribution in [0, 0.1) is 5.92 Å². The van der Waals surface area contributed by atoms with Crippen molar-refractivity contribution in [2.24, 2.45) is 5.92 Å². The van der Waals surface area contributed by atoms with Crippen molar-refractivity contribution in [2.45, 2.75) is 31.7 Å². The van der Waals surface area contributed by atoms with E-state index in [4.69, 9.17) is 0 Å². The first-order chi connectivity index (χ1) is 12.2. The molecule has 2 amide bonds. The fourth-order valence-electron chi connectivity index (χ4n) is 3.52. The van der Waals surface area contributed by atoms with Gasteiger partial charge in [0, 0.05) is 24.2 Å². The molecule has 1 aliphatic heterocycles. The van der Waals surface area contributed by atoms with Gasteiger partial charge in [-0.2, -0.15) is 0 Å². The summed E-state index contributed by atoms with van der Waals surface area (Å²) in [6, 6.07) is 17.6. The Labute approximate surface area is 147 Å². The molecule has 1 aliphatic carbocycles. The zero-order chi connectivity index (χ0) is 17.2. The van der Waals surface area contributed by atoms with E-state index in [1.807, 2.05) is 42.5 Å². The number of nitrogens with zero attached hydrogens (tertiary/aromatic N) is 1. The number of rotatable bonds is 5. The van der Waals surface area contributed by atoms with E-state index in [1.165, 1.54) is 0 Å². The zero-order valence-corrected chi connectivity index (χ0v) is 14.2. The number of anilines is 1. The fraction of sp³-hybridized carbons (Fsp3) is 0.333. The van der Waals surface area contributed by atoms with Crippen molar-refractivity contribution in [1.29, 1.82) is 0 Å². The maximum Gasteiger partial charge on any atom is 0.251 e. The number of amides is 2. The Morgan fingerprint density at radius 1 is 1.08 bits per heavy atom. The lowest BCUT2D eigenvalue weighted by atomic mass is 10.0. The largest absolute Gasteiger partial charge is 0.345 e. The molecule has 0 spiro atoms. The van der Waals surface area contributed by atoms with Crippen molar-refractivity contribution >= 4 is 17.5 Å². The van der Waals surface area contributed by atoms with Crippen LogP contribution in [0.3, 0.4) is 0 Å². The zero-order valence-electron chi connectivity index (χ0n) is 14.2. The van der Waals surface area contributed by atoms with Crippen LogP contribution < -0.4 is 10.2 Å². The molecule has 25 heavy (non-hydrogen) atoms. The molecule has 128 valence electrons. The summed E-state index contributed by atoms with van der Waals surface area (Å²) in [5, 5.41) is 3.20. The second-order valence-corrected chi connectivity index (χ2v) is 6.90. The van der Waals surface area contributed by atoms with Crippen LogP contribution in [0.5, 0.6) is 0 Å². The Bertz CT molecular complexity index is 783. The average molecular weight is 334 g/mol. The number of carbonyl (C=O) groups excluding carboxylic acids is 2. The Hall–Kier alpha value is -2.62. The van der Waals surface area contributed by atoms with Crippen molar-refractivity contribution in [3.8, 4) is 0 Å². The number of nitrogens with one attached hydrogen (secondary N) is 1. The second kappa shape index (κ2) is 6.71. The monoisotopic (exact) mass is 334 g/mol. The average Bonchev–Trinajstić information content (AvgIpc) is 3.40. The van der Waals surface area contributed by atoms with Crippen LogP contribution in [-0.2, 0) is 4.79 Å². The molecule has 0 bridgehead atoms. The number of carbonyl (C=O) groups is 2. The fourth-order valence-corrected chi connectivity index (χ4v) is 3.52. The summed E-state index contributed by atoms with van der Waals surface area (Å²) in [5.74, 6) is 0.585. The topological polar surface area (TPSA) is 49.4 Å². The molecular weight excluding hydrogens is 312 g/mol. The molecule has 4 nitrogen and oxygen atoms in total. The molecule has 0 aromatic heterocycles. The van der Waals surface area contributed by atoms with Gasteiger partial charge in [0.15, 0.2) is 0 Å². The van der Waals surface area contributed by atoms with Crippen LogP contribution in [0.1, 0.15) is 47.6 Å². The van der Waals surface area contributed by atoms with Crippen LogP contribution in [0.25, 0.3) is 0 Å². The van der Waals surface area contributed by atoms with Crippen molar-refractivity contribution in [2.75, 3.05) is 11.4 Å². The van der Waals surface area contributed by atoms with Gasteiger partial charge < -0.3 is 10.2 Å². The van der Waals surface area contributed by atoms with Gasteiger partial charge in [-0.15, -0.1) is 0 Å². The van der Waals surface area contributed by atoms with E-state index in [9.17, 15) is 9.59 Å². The third-order valence-electron chi connectivity index (χ3n) is 5.03. The normalized spacial score (nSPS) is 18.2. The highest BCUT2D eigenvalue weighted by Gasteiger charge is 2.33. The Morgan fingerprint density at radius 3 is 2.56 bits per heavy atom. The van der Waals surface area contributed by atoms with Crippen LogP contribution in [0.15, 0.2) is 54.6 Å². The highest BCUT2D eigenvalue weighted by atomic mass is 16.2. The van der Waals surface area contributed by atoms with Crippen molar-refractivity contribution < 1.29 is 9.59 Å². The SMILES string of the molecule is O=C(N[C@@H](c1ccccc1)C1CC1)c1cccc(N2CCCC2=O)c1. The second-order valence-electron chi connectivity index (χ2n) is 6.90. The first-order valence-corrected chi connectivity index (χ1v) is 8.98. The van der Waals surface area contributed by atoms with Gasteiger partial charge in [-0.25, -0.2) is 0 Å². The van der Waals surface area contributed by atoms with E-state index in [0.29, 0.717) is 17.9 Å². The third kappa shape index (κ3) is 3.43. The van der Waals surface area contributed by atoms with E-state index < -0.39 is 0 Å². The summed E-state index contributed by atoms with van der Waals surface area (Å²) >= 11 is 0. The van der Waals surface area contributed by atoms with E-state index in [-0.39, 0.29) is 17.9 Å². The lowest BCUT2D eigenvalue weighted by molar-refractivity contribution is -0.117. The van der Waals surface area contributed by atoms with Crippen molar-refractivity contribution in [1.82, 2.24) is 5.32 Å². The molecule has 1 heterocycles. The maximum absolute atomic E-state index is 12.8. The molecule has 1 atom stereocenters. The first-order valence-electron chi connectivity index (χ1n) is 8.98. The molecule has 2 aromatic carbocycles. The Balaban J connectivity index is 1.53. The molecule has 0 radical (unpaired) electrons. The molecule has 4 heteroatoms. The summed E-state index contributed by atoms with van der Waals surface area (Å²) in [5.41, 5.74) is 2.58. The standard InChI is InChI=1S/C21H22N2O2/c24-19-10-5-13-23(19)18-9-4-8-17(14-18)21(25)22-20(16-11-12-16)15-6-2-1-3-7-15/h1-4,6-9,14,16,20H,5,10-13H2,(H,22,25)/t20-/m0/s1. The predicted molar refractivity (Wildman–Crippen MR) is 97.4 cm³/mol. The molecule has 2 aromatic rings. The van der Waals surface area contributed by atoms with Gasteiger partial charge in [-0.1, -0.05) is 36.4 Å². The van der Waals surface area contributed by atoms with E-state index in [0.717, 1.165) is 37.1 Å². The summed E-state index contributed by atoms with van der Waals surface area (Å²) in [4.78, 5) is 26.5. The van der Waals surface area contributed by atoms with E-state index in [2.05, 4.69) is 17.4 Å². The molecule has 0 unspecified atom stereocenters. The van der Waals surface area contributed by atoms with Gasteiger partial charge in [0.25, 0.3) is 5.91 Å².